The lowest BCUT2D eigenvalue weighted by molar-refractivity contribution is -0.115. The van der Waals surface area contributed by atoms with Crippen LogP contribution in [0, 0.1) is 22.7 Å². The topological polar surface area (TPSA) is 170 Å². The molecule has 0 radical (unpaired) electrons. The van der Waals surface area contributed by atoms with Crippen LogP contribution >= 0.6 is 23.1 Å². The predicted molar refractivity (Wildman–Crippen MR) is 173 cm³/mol. The molecule has 2 aromatic heterocycles. The third-order valence-electron chi connectivity index (χ3n) is 7.34. The molecular weight excluding hydrogens is 615 g/mol. The van der Waals surface area contributed by atoms with Crippen LogP contribution in [0.1, 0.15) is 71.0 Å². The highest BCUT2D eigenvalue weighted by atomic mass is 32.2. The molecule has 0 spiro atoms. The largest absolute Gasteiger partial charge is 0.493 e. The number of hydrogen-bond acceptors (Lipinski definition) is 12. The van der Waals surface area contributed by atoms with Crippen LogP contribution in [0.4, 0.5) is 10.8 Å². The van der Waals surface area contributed by atoms with E-state index in [0.29, 0.717) is 33.4 Å². The van der Waals surface area contributed by atoms with Crippen LogP contribution in [0.2, 0.25) is 0 Å². The molecule has 236 valence electrons. The summed E-state index contributed by atoms with van der Waals surface area (Å²) in [5.41, 5.74) is 8.52. The number of pyridine rings is 1. The van der Waals surface area contributed by atoms with Gasteiger partial charge in [-0.1, -0.05) is 12.8 Å². The number of hydrogen-bond donors (Lipinski definition) is 2. The van der Waals surface area contributed by atoms with Crippen LogP contribution in [0.15, 0.2) is 17.2 Å². The van der Waals surface area contributed by atoms with Crippen molar-refractivity contribution in [3.8, 4) is 40.5 Å². The number of nitriles is 2. The fourth-order valence-corrected chi connectivity index (χ4v) is 7.50. The van der Waals surface area contributed by atoms with E-state index in [1.165, 1.54) is 44.4 Å². The number of nitrogens with two attached hydrogens (primary N) is 1. The molecule has 0 aliphatic heterocycles. The Bertz CT molecular complexity index is 1650. The minimum Gasteiger partial charge on any atom is -0.493 e. The molecule has 2 heterocycles. The van der Waals surface area contributed by atoms with Crippen molar-refractivity contribution in [2.75, 3.05) is 44.7 Å². The molecule has 0 saturated heterocycles. The smallest absolute Gasteiger partial charge is 0.341 e. The first-order valence-electron chi connectivity index (χ1n) is 14.5. The van der Waals surface area contributed by atoms with E-state index in [-0.39, 0.29) is 52.2 Å². The van der Waals surface area contributed by atoms with E-state index >= 15 is 0 Å². The Morgan fingerprint density at radius 2 is 1.69 bits per heavy atom. The van der Waals surface area contributed by atoms with Crippen molar-refractivity contribution < 1.29 is 28.5 Å². The number of methoxy groups -OCH3 is 3. The number of ether oxygens (including phenoxy) is 4. The predicted octanol–water partition coefficient (Wildman–Crippen LogP) is 6.12. The Labute approximate surface area is 270 Å². The van der Waals surface area contributed by atoms with Crippen molar-refractivity contribution in [1.82, 2.24) is 4.98 Å². The van der Waals surface area contributed by atoms with Crippen LogP contribution in [-0.4, -0.2) is 50.5 Å². The Morgan fingerprint density at radius 1 is 1.02 bits per heavy atom. The summed E-state index contributed by atoms with van der Waals surface area (Å²) >= 11 is 2.62. The Hall–Kier alpha value is -4.46. The number of carbonyl (C=O) groups excluding carboxylic acids is 2. The molecule has 1 aliphatic carbocycles. The Morgan fingerprint density at radius 3 is 2.29 bits per heavy atom. The van der Waals surface area contributed by atoms with Gasteiger partial charge in [0.25, 0.3) is 0 Å². The van der Waals surface area contributed by atoms with Gasteiger partial charge in [0.05, 0.1) is 39.1 Å². The van der Waals surface area contributed by atoms with E-state index in [2.05, 4.69) is 22.4 Å². The molecule has 0 bridgehead atoms. The first kappa shape index (κ1) is 33.4. The highest BCUT2D eigenvalue weighted by molar-refractivity contribution is 7.99. The van der Waals surface area contributed by atoms with Crippen molar-refractivity contribution in [2.24, 2.45) is 0 Å². The van der Waals surface area contributed by atoms with E-state index < -0.39 is 5.97 Å². The van der Waals surface area contributed by atoms with Gasteiger partial charge in [-0.25, -0.2) is 9.78 Å². The normalized spacial score (nSPS) is 12.5. The first-order chi connectivity index (χ1) is 21.8. The van der Waals surface area contributed by atoms with Crippen LogP contribution in [0.3, 0.4) is 0 Å². The van der Waals surface area contributed by atoms with Gasteiger partial charge >= 0.3 is 5.97 Å². The second-order valence-electron chi connectivity index (χ2n) is 10.1. The number of thiophene rings is 1. The van der Waals surface area contributed by atoms with Crippen LogP contribution < -0.4 is 25.3 Å². The van der Waals surface area contributed by atoms with Crippen LogP contribution in [-0.2, 0) is 22.4 Å². The van der Waals surface area contributed by atoms with Gasteiger partial charge in [-0.15, -0.1) is 23.1 Å². The van der Waals surface area contributed by atoms with Gasteiger partial charge in [0.2, 0.25) is 11.7 Å². The van der Waals surface area contributed by atoms with Gasteiger partial charge in [-0.3, -0.25) is 4.79 Å². The van der Waals surface area contributed by atoms with E-state index in [0.717, 1.165) is 49.0 Å². The molecule has 0 fully saturated rings. The maximum Gasteiger partial charge on any atom is 0.341 e. The first-order valence-corrected chi connectivity index (χ1v) is 16.3. The summed E-state index contributed by atoms with van der Waals surface area (Å²) in [5.74, 6) is 0.527. The number of nitrogens with zero attached hydrogens (tertiary/aromatic N) is 3. The number of amides is 1. The Balaban J connectivity index is 1.60. The zero-order chi connectivity index (χ0) is 32.5. The molecule has 45 heavy (non-hydrogen) atoms. The quantitative estimate of drug-likeness (QED) is 0.181. The number of esters is 1. The molecule has 1 aliphatic rings. The number of anilines is 2. The van der Waals surface area contributed by atoms with Gasteiger partial charge in [-0.05, 0) is 55.9 Å². The molecule has 13 heteroatoms. The number of aromatic nitrogens is 1. The molecule has 1 amide bonds. The average molecular weight is 650 g/mol. The van der Waals surface area contributed by atoms with Crippen molar-refractivity contribution in [1.29, 1.82) is 10.5 Å². The van der Waals surface area contributed by atoms with Crippen molar-refractivity contribution in [2.45, 2.75) is 56.9 Å². The zero-order valence-corrected chi connectivity index (χ0v) is 27.3. The van der Waals surface area contributed by atoms with Gasteiger partial charge in [0.15, 0.2) is 11.5 Å². The minimum absolute atomic E-state index is 0.0303. The molecule has 4 rings (SSSR count). The lowest BCUT2D eigenvalue weighted by Crippen LogP contribution is -2.16. The molecule has 11 nitrogen and oxygen atoms in total. The number of nitrogen functional groups attached to an aromatic ring is 1. The lowest BCUT2D eigenvalue weighted by Gasteiger charge is -2.17. The summed E-state index contributed by atoms with van der Waals surface area (Å²) in [5, 5.41) is 23.9. The number of thioether (sulfide) groups is 1. The van der Waals surface area contributed by atoms with Crippen LogP contribution in [0.25, 0.3) is 11.1 Å². The third-order valence-corrected chi connectivity index (χ3v) is 9.53. The Kier molecular flexibility index (Phi) is 11.5. The molecule has 3 N–H and O–H groups in total. The number of rotatable bonds is 11. The van der Waals surface area contributed by atoms with E-state index in [1.54, 1.807) is 19.1 Å². The molecule has 0 atom stereocenters. The van der Waals surface area contributed by atoms with Gasteiger partial charge in [0, 0.05) is 22.6 Å². The maximum absolute atomic E-state index is 13.1. The second-order valence-corrected chi connectivity index (χ2v) is 12.2. The summed E-state index contributed by atoms with van der Waals surface area (Å²) in [7, 11) is 4.41. The van der Waals surface area contributed by atoms with Crippen LogP contribution in [0.5, 0.6) is 17.2 Å². The fraction of sp³-hybridized carbons (Fsp3) is 0.406. The van der Waals surface area contributed by atoms with Crippen molar-refractivity contribution >= 4 is 45.8 Å². The molecule has 3 aromatic rings. The molecule has 0 unspecified atom stereocenters. The highest BCUT2D eigenvalue weighted by Crippen LogP contribution is 2.44. The van der Waals surface area contributed by atoms with Crippen molar-refractivity contribution in [3.05, 3.63) is 39.3 Å². The number of benzene rings is 1. The fourth-order valence-electron chi connectivity index (χ4n) is 5.27. The molecule has 0 saturated carbocycles. The summed E-state index contributed by atoms with van der Waals surface area (Å²) in [6.45, 7) is 2.00. The number of carbonyl (C=O) groups is 2. The summed E-state index contributed by atoms with van der Waals surface area (Å²) in [6.07, 6.45) is 6.00. The molecular formula is C32H35N5O6S2. The molecule has 1 aromatic carbocycles. The number of aryl methyl sites for hydroxylation is 1. The number of fused-ring (bicyclic) bond motifs is 1. The van der Waals surface area contributed by atoms with E-state index in [9.17, 15) is 20.1 Å². The zero-order valence-electron chi connectivity index (χ0n) is 25.7. The summed E-state index contributed by atoms with van der Waals surface area (Å²) < 4.78 is 21.7. The monoisotopic (exact) mass is 649 g/mol. The minimum atomic E-state index is -0.421. The summed E-state index contributed by atoms with van der Waals surface area (Å²) in [6, 6.07) is 7.48. The SMILES string of the molecule is CCOC(=O)c1c(NC(=O)CCSc2nc(N)c(C#N)c(-c3cc(OC)c(OC)c(OC)c3)c2C#N)sc2c1CCCCCC2. The van der Waals surface area contributed by atoms with Gasteiger partial charge in [-0.2, -0.15) is 10.5 Å². The second kappa shape index (κ2) is 15.5. The lowest BCUT2D eigenvalue weighted by atomic mass is 9.96. The number of nitrogens with one attached hydrogen (secondary N) is 1. The maximum atomic E-state index is 13.1. The third kappa shape index (κ3) is 7.27. The van der Waals surface area contributed by atoms with E-state index in [1.807, 2.05) is 0 Å². The van der Waals surface area contributed by atoms with E-state index in [4.69, 9.17) is 24.7 Å². The van der Waals surface area contributed by atoms with Gasteiger partial charge < -0.3 is 30.0 Å². The summed E-state index contributed by atoms with van der Waals surface area (Å²) in [4.78, 5) is 31.5. The standard InChI is InChI=1S/C32H35N5O6S2/c1-5-43-32(39)27-19-10-8-6-7-9-11-24(19)45-31(27)36-25(38)12-13-44-30-21(17-34)26(20(16-33)29(35)37-30)18-14-22(40-2)28(42-4)23(15-18)41-3/h14-15H,5-13H2,1-4H3,(H2,35,37)(H,36,38). The average Bonchev–Trinajstić information content (AvgIpc) is 3.35. The highest BCUT2D eigenvalue weighted by Gasteiger charge is 2.27. The van der Waals surface area contributed by atoms with Crippen molar-refractivity contribution in [3.63, 3.8) is 0 Å². The van der Waals surface area contributed by atoms with Gasteiger partial charge in [0.1, 0.15) is 33.5 Å².